The number of carboxylic acids is 1. The van der Waals surface area contributed by atoms with E-state index in [-0.39, 0.29) is 11.8 Å². The van der Waals surface area contributed by atoms with E-state index in [1.54, 1.807) is 6.08 Å². The van der Waals surface area contributed by atoms with Crippen molar-refractivity contribution in [2.45, 2.75) is 38.4 Å². The zero-order valence-electron chi connectivity index (χ0n) is 11.5. The van der Waals surface area contributed by atoms with Gasteiger partial charge in [-0.25, -0.2) is 4.79 Å². The molecule has 4 N–H and O–H groups in total. The Kier molecular flexibility index (Phi) is 4.80. The van der Waals surface area contributed by atoms with Gasteiger partial charge in [-0.1, -0.05) is 19.1 Å². The van der Waals surface area contributed by atoms with Crippen molar-refractivity contribution in [1.29, 1.82) is 0 Å². The first-order valence-electron chi connectivity index (χ1n) is 6.88. The van der Waals surface area contributed by atoms with Crippen molar-refractivity contribution >= 4 is 5.97 Å². The number of hydrogen-bond acceptors (Lipinski definition) is 5. The maximum absolute atomic E-state index is 10.3. The van der Waals surface area contributed by atoms with Gasteiger partial charge < -0.3 is 15.3 Å². The summed E-state index contributed by atoms with van der Waals surface area (Å²) < 4.78 is 0. The van der Waals surface area contributed by atoms with Gasteiger partial charge in [0.25, 0.3) is 0 Å². The summed E-state index contributed by atoms with van der Waals surface area (Å²) in [6, 6.07) is 0. The lowest BCUT2D eigenvalue weighted by atomic mass is 9.83. The molecule has 20 heavy (non-hydrogen) atoms. The Balaban J connectivity index is 1.89. The van der Waals surface area contributed by atoms with Gasteiger partial charge in [0.1, 0.15) is 0 Å². The van der Waals surface area contributed by atoms with Crippen LogP contribution in [0.1, 0.15) is 26.2 Å². The second-order valence-electron chi connectivity index (χ2n) is 5.32. The summed E-state index contributed by atoms with van der Waals surface area (Å²) in [6.45, 7) is 1.50. The fraction of sp³-hybridized carbons (Fsp3) is 0.643. The second-order valence-corrected chi connectivity index (χ2v) is 5.32. The first-order chi connectivity index (χ1) is 9.52. The highest BCUT2D eigenvalue weighted by Crippen LogP contribution is 2.48. The molecule has 0 spiro atoms. The van der Waals surface area contributed by atoms with Crippen LogP contribution in [-0.2, 0) is 9.63 Å². The van der Waals surface area contributed by atoms with Crippen molar-refractivity contribution in [3.8, 4) is 0 Å². The first-order valence-corrected chi connectivity index (χ1v) is 6.88. The van der Waals surface area contributed by atoms with Gasteiger partial charge in [0.2, 0.25) is 0 Å². The maximum atomic E-state index is 10.3. The minimum atomic E-state index is -1.03. The number of rotatable bonds is 7. The van der Waals surface area contributed by atoms with Gasteiger partial charge in [-0.2, -0.15) is 0 Å². The Bertz CT molecular complexity index is 431. The number of carboxylic acid groups (broad SMARTS) is 1. The molecule has 4 atom stereocenters. The van der Waals surface area contributed by atoms with Gasteiger partial charge in [-0.05, 0) is 24.8 Å². The summed E-state index contributed by atoms with van der Waals surface area (Å²) in [5.41, 5.74) is 4.63. The summed E-state index contributed by atoms with van der Waals surface area (Å²) >= 11 is 0. The third kappa shape index (κ3) is 3.20. The van der Waals surface area contributed by atoms with Gasteiger partial charge in [0.05, 0.1) is 12.2 Å². The number of aliphatic hydroxyl groups excluding tert-OH is 2. The maximum Gasteiger partial charge on any atom is 0.332 e. The monoisotopic (exact) mass is 283 g/mol. The molecule has 0 saturated heterocycles. The van der Waals surface area contributed by atoms with Crippen molar-refractivity contribution in [3.05, 3.63) is 23.4 Å². The van der Waals surface area contributed by atoms with E-state index in [1.165, 1.54) is 0 Å². The van der Waals surface area contributed by atoms with Gasteiger partial charge in [0, 0.05) is 17.5 Å². The van der Waals surface area contributed by atoms with Gasteiger partial charge in [0.15, 0.2) is 6.61 Å². The molecular formula is C14H21NO5. The zero-order valence-corrected chi connectivity index (χ0v) is 11.5. The molecule has 2 aliphatic rings. The number of nitrogens with one attached hydrogen (secondary N) is 1. The molecule has 2 aliphatic carbocycles. The molecule has 6 heteroatoms. The number of allylic oxidation sites excluding steroid dienone is 1. The van der Waals surface area contributed by atoms with Gasteiger partial charge >= 0.3 is 5.97 Å². The van der Waals surface area contributed by atoms with Gasteiger partial charge in [-0.15, -0.1) is 0 Å². The van der Waals surface area contributed by atoms with Crippen LogP contribution >= 0.6 is 0 Å². The van der Waals surface area contributed by atoms with Crippen LogP contribution < -0.4 is 5.48 Å². The van der Waals surface area contributed by atoms with E-state index in [0.29, 0.717) is 12.8 Å². The zero-order chi connectivity index (χ0) is 14.7. The lowest BCUT2D eigenvalue weighted by Gasteiger charge is -2.30. The molecule has 0 amide bonds. The number of hydroxylamine groups is 1. The summed E-state index contributed by atoms with van der Waals surface area (Å²) in [7, 11) is 0. The second kappa shape index (κ2) is 6.39. The number of aliphatic hydroxyl groups is 2. The highest BCUT2D eigenvalue weighted by molar-refractivity contribution is 5.67. The van der Waals surface area contributed by atoms with Crippen LogP contribution in [-0.4, -0.2) is 40.1 Å². The summed E-state index contributed by atoms with van der Waals surface area (Å²) in [6.07, 6.45) is 4.75. The summed E-state index contributed by atoms with van der Waals surface area (Å²) in [4.78, 5) is 15.2. The summed E-state index contributed by atoms with van der Waals surface area (Å²) in [5.74, 6) is -0.894. The molecule has 0 aliphatic heterocycles. The molecule has 6 nitrogen and oxygen atoms in total. The highest BCUT2D eigenvalue weighted by Gasteiger charge is 2.45. The lowest BCUT2D eigenvalue weighted by molar-refractivity contribution is -0.144. The molecule has 0 heterocycles. The highest BCUT2D eigenvalue weighted by atomic mass is 16.7. The van der Waals surface area contributed by atoms with E-state index >= 15 is 0 Å². The third-order valence-electron chi connectivity index (χ3n) is 3.96. The predicted octanol–water partition coefficient (Wildman–Crippen LogP) is 0.574. The number of carbonyl (C=O) groups is 1. The molecular weight excluding hydrogens is 262 g/mol. The smallest absolute Gasteiger partial charge is 0.332 e. The molecule has 0 aromatic rings. The Morgan fingerprint density at radius 3 is 2.95 bits per heavy atom. The Morgan fingerprint density at radius 1 is 1.55 bits per heavy atom. The SMILES string of the molecule is CCC(O)C=CC1CC2=C(NOCC(=O)O)C[C@H]2C1O. The van der Waals surface area contributed by atoms with E-state index in [9.17, 15) is 15.0 Å². The fourth-order valence-electron chi connectivity index (χ4n) is 2.72. The van der Waals surface area contributed by atoms with E-state index in [0.717, 1.165) is 17.7 Å². The predicted molar refractivity (Wildman–Crippen MR) is 71.4 cm³/mol. The molecule has 2 rings (SSSR count). The molecule has 112 valence electrons. The molecule has 0 aromatic carbocycles. The van der Waals surface area contributed by atoms with E-state index < -0.39 is 24.8 Å². The molecule has 0 radical (unpaired) electrons. The number of hydrogen-bond donors (Lipinski definition) is 4. The standard InChI is InChI=1S/C14H21NO5/c1-2-9(16)4-3-8-5-10-11(14(8)19)6-12(10)15-20-7-13(17)18/h3-4,8-9,11,14-16,19H,2,5-7H2,1H3,(H,17,18)/t8?,9?,11-,14?/m1/s1. The van der Waals surface area contributed by atoms with Crippen LogP contribution in [0.25, 0.3) is 0 Å². The van der Waals surface area contributed by atoms with Crippen molar-refractivity contribution < 1.29 is 25.0 Å². The largest absolute Gasteiger partial charge is 0.479 e. The Morgan fingerprint density at radius 2 is 2.30 bits per heavy atom. The van der Waals surface area contributed by atoms with Crippen LogP contribution in [0, 0.1) is 11.8 Å². The molecule has 1 fully saturated rings. The number of fused-ring (bicyclic) bond motifs is 1. The average Bonchev–Trinajstić information content (AvgIpc) is 2.63. The Labute approximate surface area is 117 Å². The van der Waals surface area contributed by atoms with Crippen molar-refractivity contribution in [3.63, 3.8) is 0 Å². The Hall–Kier alpha value is -1.37. The quantitative estimate of drug-likeness (QED) is 0.403. The molecule has 3 unspecified atom stereocenters. The first kappa shape index (κ1) is 15.0. The third-order valence-corrected chi connectivity index (χ3v) is 3.96. The minimum absolute atomic E-state index is 0.00923. The van der Waals surface area contributed by atoms with Crippen molar-refractivity contribution in [2.24, 2.45) is 11.8 Å². The van der Waals surface area contributed by atoms with E-state index in [2.05, 4.69) is 5.48 Å². The average molecular weight is 283 g/mol. The van der Waals surface area contributed by atoms with Crippen molar-refractivity contribution in [2.75, 3.05) is 6.61 Å². The van der Waals surface area contributed by atoms with Gasteiger partial charge in [-0.3, -0.25) is 10.3 Å². The fourth-order valence-corrected chi connectivity index (χ4v) is 2.72. The molecule has 1 saturated carbocycles. The van der Waals surface area contributed by atoms with Crippen molar-refractivity contribution in [1.82, 2.24) is 5.48 Å². The van der Waals surface area contributed by atoms with Crippen LogP contribution in [0.2, 0.25) is 0 Å². The molecule has 0 bridgehead atoms. The van der Waals surface area contributed by atoms with Crippen LogP contribution in [0.3, 0.4) is 0 Å². The van der Waals surface area contributed by atoms with Crippen LogP contribution in [0.5, 0.6) is 0 Å². The minimum Gasteiger partial charge on any atom is -0.479 e. The normalized spacial score (nSPS) is 30.2. The van der Waals surface area contributed by atoms with Crippen LogP contribution in [0.4, 0.5) is 0 Å². The topological polar surface area (TPSA) is 99.0 Å². The summed E-state index contributed by atoms with van der Waals surface area (Å²) in [5, 5.41) is 28.2. The molecule has 0 aromatic heterocycles. The van der Waals surface area contributed by atoms with E-state index in [1.807, 2.05) is 13.0 Å². The lowest BCUT2D eigenvalue weighted by Crippen LogP contribution is -2.32. The van der Waals surface area contributed by atoms with Crippen LogP contribution in [0.15, 0.2) is 23.4 Å². The number of aliphatic carboxylic acids is 1. The van der Waals surface area contributed by atoms with E-state index in [4.69, 9.17) is 9.94 Å².